The molecule has 1 amide bonds. The molecule has 160 valence electrons. The Morgan fingerprint density at radius 1 is 1.33 bits per heavy atom. The Morgan fingerprint density at radius 3 is 2.87 bits per heavy atom. The van der Waals surface area contributed by atoms with E-state index < -0.39 is 17.8 Å². The molecule has 1 atom stereocenters. The lowest BCUT2D eigenvalue weighted by molar-refractivity contribution is -0.137. The number of guanidine groups is 1. The number of rotatable bonds is 4. The maximum absolute atomic E-state index is 13.0. The number of anilines is 1. The van der Waals surface area contributed by atoms with Gasteiger partial charge in [0.05, 0.1) is 37.1 Å². The van der Waals surface area contributed by atoms with Gasteiger partial charge in [0.15, 0.2) is 5.96 Å². The fraction of sp³-hybridized carbons (Fsp3) is 0.350. The molecule has 2 heterocycles. The molecule has 10 heteroatoms. The molecular formula is C20H22F3N5O2. The summed E-state index contributed by atoms with van der Waals surface area (Å²) in [5, 5.41) is 5.69. The van der Waals surface area contributed by atoms with Gasteiger partial charge in [0.1, 0.15) is 6.10 Å². The van der Waals surface area contributed by atoms with Crippen molar-refractivity contribution in [2.45, 2.75) is 12.3 Å². The number of benzene rings is 1. The van der Waals surface area contributed by atoms with Gasteiger partial charge in [0.25, 0.3) is 0 Å². The predicted molar refractivity (Wildman–Crippen MR) is 106 cm³/mol. The first-order chi connectivity index (χ1) is 14.4. The van der Waals surface area contributed by atoms with E-state index in [0.29, 0.717) is 36.9 Å². The molecule has 0 saturated carbocycles. The minimum atomic E-state index is -4.41. The van der Waals surface area contributed by atoms with Crippen LogP contribution in [0.3, 0.4) is 0 Å². The number of aromatic nitrogens is 1. The summed E-state index contributed by atoms with van der Waals surface area (Å²) in [6.07, 6.45) is -1.81. The fourth-order valence-corrected chi connectivity index (χ4v) is 3.09. The van der Waals surface area contributed by atoms with E-state index in [-0.39, 0.29) is 12.5 Å². The maximum Gasteiger partial charge on any atom is 0.416 e. The molecule has 1 aromatic carbocycles. The second-order valence-corrected chi connectivity index (χ2v) is 6.62. The monoisotopic (exact) mass is 421 g/mol. The number of amides is 1. The van der Waals surface area contributed by atoms with Crippen molar-refractivity contribution in [3.63, 3.8) is 0 Å². The van der Waals surface area contributed by atoms with Crippen LogP contribution < -0.4 is 10.6 Å². The highest BCUT2D eigenvalue weighted by Gasteiger charge is 2.32. The molecule has 0 radical (unpaired) electrons. The number of morpholine rings is 1. The molecule has 1 fully saturated rings. The molecule has 3 rings (SSSR count). The lowest BCUT2D eigenvalue weighted by Gasteiger charge is -2.35. The molecule has 0 bridgehead atoms. The third-order valence-corrected chi connectivity index (χ3v) is 4.52. The molecule has 1 unspecified atom stereocenters. The number of hydrogen-bond acceptors (Lipinski definition) is 4. The van der Waals surface area contributed by atoms with Gasteiger partial charge in [-0.1, -0.05) is 12.1 Å². The normalized spacial score (nSPS) is 17.5. The van der Waals surface area contributed by atoms with Gasteiger partial charge < -0.3 is 20.3 Å². The minimum Gasteiger partial charge on any atom is -0.370 e. The summed E-state index contributed by atoms with van der Waals surface area (Å²) in [6.45, 7) is 1.11. The topological polar surface area (TPSA) is 78.8 Å². The summed E-state index contributed by atoms with van der Waals surface area (Å²) in [5.41, 5.74) is 0.310. The van der Waals surface area contributed by atoms with Crippen molar-refractivity contribution in [3.8, 4) is 0 Å². The van der Waals surface area contributed by atoms with Gasteiger partial charge in [-0.2, -0.15) is 13.2 Å². The number of carbonyl (C=O) groups excluding carboxylic acids is 1. The highest BCUT2D eigenvalue weighted by Crippen LogP contribution is 2.32. The maximum atomic E-state index is 13.0. The SMILES string of the molecule is CN=C(NCC(=O)Nc1cccnc1)N1CCOC(c2cccc(C(F)(F)F)c2)C1. The van der Waals surface area contributed by atoms with E-state index >= 15 is 0 Å². The molecule has 1 aliphatic heterocycles. The van der Waals surface area contributed by atoms with Crippen LogP contribution in [-0.4, -0.2) is 55.0 Å². The molecule has 30 heavy (non-hydrogen) atoms. The van der Waals surface area contributed by atoms with Gasteiger partial charge in [0, 0.05) is 19.8 Å². The molecular weight excluding hydrogens is 399 g/mol. The van der Waals surface area contributed by atoms with Crippen LogP contribution in [0.4, 0.5) is 18.9 Å². The van der Waals surface area contributed by atoms with Crippen LogP contribution in [0, 0.1) is 0 Å². The lowest BCUT2D eigenvalue weighted by atomic mass is 10.0. The van der Waals surface area contributed by atoms with Gasteiger partial charge in [-0.15, -0.1) is 0 Å². The minimum absolute atomic E-state index is 0.0207. The Balaban J connectivity index is 1.60. The third-order valence-electron chi connectivity index (χ3n) is 4.52. The van der Waals surface area contributed by atoms with Gasteiger partial charge in [-0.05, 0) is 29.8 Å². The summed E-state index contributed by atoms with van der Waals surface area (Å²) >= 11 is 0. The van der Waals surface area contributed by atoms with Gasteiger partial charge in [0.2, 0.25) is 5.91 Å². The van der Waals surface area contributed by atoms with E-state index in [1.807, 2.05) is 4.90 Å². The summed E-state index contributed by atoms with van der Waals surface area (Å²) < 4.78 is 44.7. The Hall–Kier alpha value is -3.14. The predicted octanol–water partition coefficient (Wildman–Crippen LogP) is 2.69. The number of nitrogens with zero attached hydrogens (tertiary/aromatic N) is 3. The number of alkyl halides is 3. The highest BCUT2D eigenvalue weighted by atomic mass is 19.4. The first-order valence-corrected chi connectivity index (χ1v) is 9.31. The molecule has 1 aromatic heterocycles. The van der Waals surface area contributed by atoms with Crippen LogP contribution in [0.5, 0.6) is 0 Å². The van der Waals surface area contributed by atoms with Crippen LogP contribution in [-0.2, 0) is 15.7 Å². The summed E-state index contributed by atoms with van der Waals surface area (Å²) in [7, 11) is 1.58. The van der Waals surface area contributed by atoms with Crippen LogP contribution in [0.2, 0.25) is 0 Å². The Kier molecular flexibility index (Phi) is 6.88. The Morgan fingerprint density at radius 2 is 2.17 bits per heavy atom. The van der Waals surface area contributed by atoms with Gasteiger partial charge >= 0.3 is 6.18 Å². The number of carbonyl (C=O) groups is 1. The fourth-order valence-electron chi connectivity index (χ4n) is 3.09. The van der Waals surface area contributed by atoms with Gasteiger partial charge in [-0.25, -0.2) is 0 Å². The molecule has 1 aliphatic rings. The summed E-state index contributed by atoms with van der Waals surface area (Å²) in [5.74, 6) is 0.198. The standard InChI is InChI=1S/C20H22F3N5O2/c1-24-19(26-12-18(29)27-16-6-3-7-25-11-16)28-8-9-30-17(13-28)14-4-2-5-15(10-14)20(21,22)23/h2-7,10-11,17H,8-9,12-13H2,1H3,(H,24,26)(H,27,29). The zero-order chi connectivity index (χ0) is 21.6. The van der Waals surface area contributed by atoms with Crippen molar-refractivity contribution in [3.05, 3.63) is 59.9 Å². The molecule has 1 saturated heterocycles. The van der Waals surface area contributed by atoms with Crippen molar-refractivity contribution in [1.82, 2.24) is 15.2 Å². The van der Waals surface area contributed by atoms with Crippen LogP contribution >= 0.6 is 0 Å². The van der Waals surface area contributed by atoms with E-state index in [1.165, 1.54) is 12.3 Å². The van der Waals surface area contributed by atoms with E-state index in [1.54, 1.807) is 31.4 Å². The second-order valence-electron chi connectivity index (χ2n) is 6.62. The van der Waals surface area contributed by atoms with Crippen molar-refractivity contribution in [2.24, 2.45) is 4.99 Å². The second kappa shape index (κ2) is 9.57. The zero-order valence-electron chi connectivity index (χ0n) is 16.3. The molecule has 7 nitrogen and oxygen atoms in total. The van der Waals surface area contributed by atoms with E-state index in [2.05, 4.69) is 20.6 Å². The van der Waals surface area contributed by atoms with Crippen molar-refractivity contribution < 1.29 is 22.7 Å². The Labute approximate surface area is 172 Å². The van der Waals surface area contributed by atoms with Gasteiger partial charge in [-0.3, -0.25) is 14.8 Å². The Bertz CT molecular complexity index is 890. The number of hydrogen-bond donors (Lipinski definition) is 2. The molecule has 2 N–H and O–H groups in total. The van der Waals surface area contributed by atoms with Crippen molar-refractivity contribution in [2.75, 3.05) is 38.6 Å². The molecule has 0 aliphatic carbocycles. The quantitative estimate of drug-likeness (QED) is 0.586. The summed E-state index contributed by atoms with van der Waals surface area (Å²) in [4.78, 5) is 22.1. The lowest BCUT2D eigenvalue weighted by Crippen LogP contribution is -2.49. The van der Waals surface area contributed by atoms with Crippen LogP contribution in [0.1, 0.15) is 17.2 Å². The van der Waals surface area contributed by atoms with Crippen LogP contribution in [0.15, 0.2) is 53.8 Å². The summed E-state index contributed by atoms with van der Waals surface area (Å²) in [6, 6.07) is 8.55. The number of ether oxygens (including phenoxy) is 1. The van der Waals surface area contributed by atoms with Crippen LogP contribution in [0.25, 0.3) is 0 Å². The van der Waals surface area contributed by atoms with E-state index in [0.717, 1.165) is 12.1 Å². The first-order valence-electron chi connectivity index (χ1n) is 9.31. The largest absolute Gasteiger partial charge is 0.416 e. The number of halogens is 3. The molecule has 2 aromatic rings. The number of nitrogens with one attached hydrogen (secondary N) is 2. The number of pyridine rings is 1. The van der Waals surface area contributed by atoms with E-state index in [4.69, 9.17) is 4.74 Å². The first kappa shape index (κ1) is 21.6. The average molecular weight is 421 g/mol. The van der Waals surface area contributed by atoms with Crippen molar-refractivity contribution in [1.29, 1.82) is 0 Å². The smallest absolute Gasteiger partial charge is 0.370 e. The zero-order valence-corrected chi connectivity index (χ0v) is 16.3. The van der Waals surface area contributed by atoms with E-state index in [9.17, 15) is 18.0 Å². The average Bonchev–Trinajstić information content (AvgIpc) is 2.75. The third kappa shape index (κ3) is 5.69. The number of aliphatic imine (C=N–C) groups is 1. The molecule has 0 spiro atoms. The highest BCUT2D eigenvalue weighted by molar-refractivity contribution is 5.94. The van der Waals surface area contributed by atoms with Crippen molar-refractivity contribution >= 4 is 17.6 Å².